The number of aromatic nitrogens is 2. The lowest BCUT2D eigenvalue weighted by atomic mass is 10.2. The molecule has 0 aliphatic carbocycles. The third-order valence-corrected chi connectivity index (χ3v) is 3.35. The van der Waals surface area contributed by atoms with Gasteiger partial charge in [0.05, 0.1) is 13.2 Å². The minimum Gasteiger partial charge on any atom is -0.377 e. The number of hydrogen-bond donors (Lipinski definition) is 1. The predicted octanol–water partition coefficient (Wildman–Crippen LogP) is 1.17. The van der Waals surface area contributed by atoms with Crippen LogP contribution in [-0.4, -0.2) is 48.2 Å². The molecule has 1 atom stereocenters. The molecule has 6 nitrogen and oxygen atoms in total. The fourth-order valence-corrected chi connectivity index (χ4v) is 2.27. The summed E-state index contributed by atoms with van der Waals surface area (Å²) in [5.74, 6) is 0.658. The van der Waals surface area contributed by atoms with E-state index in [0.29, 0.717) is 32.1 Å². The normalized spacial score (nSPS) is 18.9. The molecule has 1 aromatic rings. The first-order valence-corrected chi connectivity index (χ1v) is 7.12. The van der Waals surface area contributed by atoms with Crippen molar-refractivity contribution in [3.63, 3.8) is 0 Å². The molecule has 0 spiro atoms. The zero-order valence-electron chi connectivity index (χ0n) is 11.7. The molecule has 2 heterocycles. The number of hydrogen-bond acceptors (Lipinski definition) is 5. The first kappa shape index (κ1) is 15.0. The Labute approximate surface area is 123 Å². The minimum atomic E-state index is -0.375. The van der Waals surface area contributed by atoms with Crippen LogP contribution < -0.4 is 10.2 Å². The lowest BCUT2D eigenvalue weighted by molar-refractivity contribution is -0.124. The first-order chi connectivity index (χ1) is 9.63. The molecule has 1 amide bonds. The molecule has 1 saturated heterocycles. The van der Waals surface area contributed by atoms with Crippen LogP contribution in [0.1, 0.15) is 18.9 Å². The van der Waals surface area contributed by atoms with Crippen LogP contribution in [0.4, 0.5) is 5.82 Å². The topological polar surface area (TPSA) is 67.3 Å². The fourth-order valence-electron chi connectivity index (χ4n) is 2.14. The lowest BCUT2D eigenvalue weighted by Gasteiger charge is -2.36. The summed E-state index contributed by atoms with van der Waals surface area (Å²) in [6.07, 6.45) is 2.57. The highest BCUT2D eigenvalue weighted by molar-refractivity contribution is 6.28. The van der Waals surface area contributed by atoms with Crippen LogP contribution in [0.5, 0.6) is 0 Å². The molecule has 1 aromatic heterocycles. The van der Waals surface area contributed by atoms with Crippen molar-refractivity contribution in [3.05, 3.63) is 17.0 Å². The van der Waals surface area contributed by atoms with Crippen molar-refractivity contribution in [2.45, 2.75) is 26.3 Å². The SMILES string of the molecule is CCCNC(=O)C1COCCN1c1nc(Cl)ncc1C. The van der Waals surface area contributed by atoms with Gasteiger partial charge in [0, 0.05) is 24.8 Å². The number of aryl methyl sites for hydroxylation is 1. The first-order valence-electron chi connectivity index (χ1n) is 6.74. The van der Waals surface area contributed by atoms with Crippen molar-refractivity contribution in [1.29, 1.82) is 0 Å². The molecule has 1 aliphatic heterocycles. The van der Waals surface area contributed by atoms with Gasteiger partial charge in [0.25, 0.3) is 0 Å². The maximum atomic E-state index is 12.2. The monoisotopic (exact) mass is 298 g/mol. The number of nitrogens with one attached hydrogen (secondary N) is 1. The standard InChI is InChI=1S/C13H19ClN4O2/c1-3-4-15-12(19)10-8-20-6-5-18(10)11-9(2)7-16-13(14)17-11/h7,10H,3-6,8H2,1-2H3,(H,15,19). The van der Waals surface area contributed by atoms with Gasteiger partial charge in [-0.1, -0.05) is 6.92 Å². The Morgan fingerprint density at radius 2 is 2.45 bits per heavy atom. The summed E-state index contributed by atoms with van der Waals surface area (Å²) in [4.78, 5) is 22.4. The molecule has 0 aromatic carbocycles. The number of amides is 1. The van der Waals surface area contributed by atoms with E-state index in [1.54, 1.807) is 6.20 Å². The Balaban J connectivity index is 2.22. The molecule has 1 unspecified atom stereocenters. The smallest absolute Gasteiger partial charge is 0.245 e. The molecule has 20 heavy (non-hydrogen) atoms. The van der Waals surface area contributed by atoms with Crippen LogP contribution in [-0.2, 0) is 9.53 Å². The van der Waals surface area contributed by atoms with Crippen molar-refractivity contribution >= 4 is 23.3 Å². The van der Waals surface area contributed by atoms with E-state index in [-0.39, 0.29) is 17.2 Å². The average Bonchev–Trinajstić information content (AvgIpc) is 2.47. The predicted molar refractivity (Wildman–Crippen MR) is 77.0 cm³/mol. The fraction of sp³-hybridized carbons (Fsp3) is 0.615. The zero-order chi connectivity index (χ0) is 14.5. The van der Waals surface area contributed by atoms with E-state index in [0.717, 1.165) is 12.0 Å². The third-order valence-electron chi connectivity index (χ3n) is 3.17. The van der Waals surface area contributed by atoms with Gasteiger partial charge in [-0.2, -0.15) is 0 Å². The number of carbonyl (C=O) groups excluding carboxylic acids is 1. The van der Waals surface area contributed by atoms with Crippen molar-refractivity contribution in [3.8, 4) is 0 Å². The van der Waals surface area contributed by atoms with Gasteiger partial charge < -0.3 is 15.0 Å². The largest absolute Gasteiger partial charge is 0.377 e. The number of ether oxygens (including phenoxy) is 1. The van der Waals surface area contributed by atoms with Gasteiger partial charge >= 0.3 is 0 Å². The van der Waals surface area contributed by atoms with Crippen LogP contribution >= 0.6 is 11.6 Å². The second kappa shape index (κ2) is 6.85. The van der Waals surface area contributed by atoms with Gasteiger partial charge in [0.1, 0.15) is 11.9 Å². The third kappa shape index (κ3) is 3.37. The summed E-state index contributed by atoms with van der Waals surface area (Å²) in [5.41, 5.74) is 0.893. The minimum absolute atomic E-state index is 0.0410. The molecular weight excluding hydrogens is 280 g/mol. The van der Waals surface area contributed by atoms with E-state index in [4.69, 9.17) is 16.3 Å². The molecule has 1 fully saturated rings. The van der Waals surface area contributed by atoms with Gasteiger partial charge in [0.15, 0.2) is 0 Å². The van der Waals surface area contributed by atoms with E-state index in [9.17, 15) is 4.79 Å². The van der Waals surface area contributed by atoms with E-state index in [1.807, 2.05) is 18.7 Å². The van der Waals surface area contributed by atoms with E-state index >= 15 is 0 Å². The van der Waals surface area contributed by atoms with Crippen LogP contribution in [0.15, 0.2) is 6.20 Å². The Morgan fingerprint density at radius 1 is 1.65 bits per heavy atom. The molecule has 0 radical (unpaired) electrons. The Kier molecular flexibility index (Phi) is 5.14. The second-order valence-corrected chi connectivity index (χ2v) is 5.06. The number of nitrogens with zero attached hydrogens (tertiary/aromatic N) is 3. The van der Waals surface area contributed by atoms with Crippen molar-refractivity contribution in [2.24, 2.45) is 0 Å². The van der Waals surface area contributed by atoms with Crippen molar-refractivity contribution in [2.75, 3.05) is 31.2 Å². The maximum Gasteiger partial charge on any atom is 0.245 e. The maximum absolute atomic E-state index is 12.2. The quantitative estimate of drug-likeness (QED) is 0.845. The lowest BCUT2D eigenvalue weighted by Crippen LogP contribution is -2.54. The van der Waals surface area contributed by atoms with Gasteiger partial charge in [-0.25, -0.2) is 9.97 Å². The van der Waals surface area contributed by atoms with Crippen molar-refractivity contribution < 1.29 is 9.53 Å². The number of morpholine rings is 1. The summed E-state index contributed by atoms with van der Waals surface area (Å²) in [6, 6.07) is -0.375. The molecule has 1 aliphatic rings. The van der Waals surface area contributed by atoms with Crippen LogP contribution in [0.2, 0.25) is 5.28 Å². The Morgan fingerprint density at radius 3 is 3.20 bits per heavy atom. The number of rotatable bonds is 4. The Hall–Kier alpha value is -1.40. The number of carbonyl (C=O) groups is 1. The molecule has 2 rings (SSSR count). The van der Waals surface area contributed by atoms with Gasteiger partial charge in [-0.15, -0.1) is 0 Å². The summed E-state index contributed by atoms with van der Waals surface area (Å²) in [5, 5.41) is 3.08. The van der Waals surface area contributed by atoms with Crippen LogP contribution in [0.25, 0.3) is 0 Å². The number of halogens is 1. The van der Waals surface area contributed by atoms with Gasteiger partial charge in [-0.05, 0) is 24.9 Å². The Bertz CT molecular complexity index is 483. The summed E-state index contributed by atoms with van der Waals surface area (Å²) >= 11 is 5.87. The molecule has 0 saturated carbocycles. The molecule has 0 bridgehead atoms. The van der Waals surface area contributed by atoms with E-state index in [1.165, 1.54) is 0 Å². The van der Waals surface area contributed by atoms with Crippen molar-refractivity contribution in [1.82, 2.24) is 15.3 Å². The number of anilines is 1. The summed E-state index contributed by atoms with van der Waals surface area (Å²) < 4.78 is 5.43. The molecule has 1 N–H and O–H groups in total. The highest BCUT2D eigenvalue weighted by atomic mass is 35.5. The highest BCUT2D eigenvalue weighted by Crippen LogP contribution is 2.22. The zero-order valence-corrected chi connectivity index (χ0v) is 12.5. The van der Waals surface area contributed by atoms with E-state index in [2.05, 4.69) is 15.3 Å². The summed E-state index contributed by atoms with van der Waals surface area (Å²) in [7, 11) is 0. The molecule has 7 heteroatoms. The highest BCUT2D eigenvalue weighted by Gasteiger charge is 2.31. The average molecular weight is 299 g/mol. The molecule has 110 valence electrons. The van der Waals surface area contributed by atoms with E-state index < -0.39 is 0 Å². The van der Waals surface area contributed by atoms with Gasteiger partial charge in [-0.3, -0.25) is 4.79 Å². The molecular formula is C13H19ClN4O2. The second-order valence-electron chi connectivity index (χ2n) is 4.72. The summed E-state index contributed by atoms with van der Waals surface area (Å²) in [6.45, 7) is 6.12. The van der Waals surface area contributed by atoms with Gasteiger partial charge in [0.2, 0.25) is 11.2 Å². The van der Waals surface area contributed by atoms with Crippen LogP contribution in [0, 0.1) is 6.92 Å². The van der Waals surface area contributed by atoms with Crippen LogP contribution in [0.3, 0.4) is 0 Å².